The molecule has 0 saturated carbocycles. The minimum Gasteiger partial charge on any atom is -0.313 e. The number of thiophene rings is 1. The van der Waals surface area contributed by atoms with Gasteiger partial charge in [-0.15, -0.1) is 11.3 Å². The van der Waals surface area contributed by atoms with E-state index in [0.717, 1.165) is 25.8 Å². The van der Waals surface area contributed by atoms with Crippen LogP contribution in [0.25, 0.3) is 0 Å². The summed E-state index contributed by atoms with van der Waals surface area (Å²) in [6, 6.07) is 7.95. The van der Waals surface area contributed by atoms with Gasteiger partial charge in [0, 0.05) is 16.1 Å². The summed E-state index contributed by atoms with van der Waals surface area (Å²) >= 11 is 17.4. The number of hydrogen-bond donors (Lipinski definition) is 1. The number of likely N-dealkylation sites (N-methyl/N-ethyl adjacent to an activating group) is 1. The molecule has 0 spiro atoms. The smallest absolute Gasteiger partial charge is 0.0701 e. The molecule has 0 saturated heterocycles. The van der Waals surface area contributed by atoms with E-state index in [-0.39, 0.29) is 6.04 Å². The molecule has 1 aromatic heterocycles. The van der Waals surface area contributed by atoms with Crippen molar-refractivity contribution in [3.8, 4) is 0 Å². The zero-order valence-electron chi connectivity index (χ0n) is 9.71. The molecule has 0 bridgehead atoms. The van der Waals surface area contributed by atoms with E-state index in [9.17, 15) is 0 Å². The second-order valence-electron chi connectivity index (χ2n) is 3.97. The molecule has 1 N–H and O–H groups in total. The third-order valence-corrected chi connectivity index (χ3v) is 4.90. The van der Waals surface area contributed by atoms with Crippen LogP contribution in [0.1, 0.15) is 17.2 Å². The predicted molar refractivity (Wildman–Crippen MR) is 84.0 cm³/mol. The molecule has 0 aliphatic rings. The molecular weight excluding hydrogens is 353 g/mol. The molecule has 0 amide bonds. The summed E-state index contributed by atoms with van der Waals surface area (Å²) in [6.45, 7) is 0. The first-order valence-corrected chi connectivity index (χ1v) is 7.88. The Morgan fingerprint density at radius 3 is 2.72 bits per heavy atom. The summed E-state index contributed by atoms with van der Waals surface area (Å²) in [6.07, 6.45) is 0.819. The lowest BCUT2D eigenvalue weighted by Gasteiger charge is -2.16. The molecule has 1 nitrogen and oxygen atoms in total. The van der Waals surface area contributed by atoms with Gasteiger partial charge in [-0.2, -0.15) is 0 Å². The van der Waals surface area contributed by atoms with Crippen LogP contribution in [-0.2, 0) is 6.42 Å². The predicted octanol–water partition coefficient (Wildman–Crippen LogP) is 5.32. The van der Waals surface area contributed by atoms with E-state index < -0.39 is 0 Å². The molecule has 96 valence electrons. The minimum atomic E-state index is 0.239. The maximum Gasteiger partial charge on any atom is 0.0701 e. The molecule has 1 unspecified atom stereocenters. The van der Waals surface area contributed by atoms with Crippen molar-refractivity contribution in [2.45, 2.75) is 12.5 Å². The fraction of sp³-hybridized carbons (Fsp3) is 0.231. The monoisotopic (exact) mass is 363 g/mol. The van der Waals surface area contributed by atoms with Gasteiger partial charge in [0.15, 0.2) is 0 Å². The third kappa shape index (κ3) is 3.49. The highest BCUT2D eigenvalue weighted by Crippen LogP contribution is 2.30. The Morgan fingerprint density at radius 2 is 2.11 bits per heavy atom. The van der Waals surface area contributed by atoms with Crippen LogP contribution < -0.4 is 5.32 Å². The first-order valence-electron chi connectivity index (χ1n) is 5.45. The molecule has 18 heavy (non-hydrogen) atoms. The molecule has 5 heteroatoms. The first-order chi connectivity index (χ1) is 8.60. The molecule has 1 aromatic carbocycles. The van der Waals surface area contributed by atoms with Gasteiger partial charge in [0.1, 0.15) is 0 Å². The van der Waals surface area contributed by atoms with Gasteiger partial charge < -0.3 is 5.32 Å². The van der Waals surface area contributed by atoms with Gasteiger partial charge in [-0.25, -0.2) is 0 Å². The van der Waals surface area contributed by atoms with Gasteiger partial charge in [-0.1, -0.05) is 23.2 Å². The van der Waals surface area contributed by atoms with E-state index in [1.807, 2.05) is 25.2 Å². The maximum absolute atomic E-state index is 6.20. The molecule has 2 rings (SSSR count). The van der Waals surface area contributed by atoms with Gasteiger partial charge in [-0.3, -0.25) is 0 Å². The van der Waals surface area contributed by atoms with Gasteiger partial charge in [0.25, 0.3) is 0 Å². The number of halogens is 3. The first kappa shape index (κ1) is 14.4. The fourth-order valence-electron chi connectivity index (χ4n) is 1.81. The summed E-state index contributed by atoms with van der Waals surface area (Å²) in [5.74, 6) is 0. The molecule has 0 radical (unpaired) electrons. The lowest BCUT2D eigenvalue weighted by Crippen LogP contribution is -2.18. The minimum absolute atomic E-state index is 0.239. The average molecular weight is 365 g/mol. The summed E-state index contributed by atoms with van der Waals surface area (Å²) in [7, 11) is 1.95. The SMILES string of the molecule is CNC(Cc1cc(Cl)ccc1Cl)c1csc(Br)c1. The summed E-state index contributed by atoms with van der Waals surface area (Å²) in [4.78, 5) is 0. The van der Waals surface area contributed by atoms with Gasteiger partial charge in [-0.05, 0) is 70.2 Å². The summed E-state index contributed by atoms with van der Waals surface area (Å²) in [5.41, 5.74) is 2.32. The Hall–Kier alpha value is -0.0600. The number of hydrogen-bond acceptors (Lipinski definition) is 2. The van der Waals surface area contributed by atoms with Crippen LogP contribution in [-0.4, -0.2) is 7.05 Å². The zero-order chi connectivity index (χ0) is 13.1. The maximum atomic E-state index is 6.20. The number of rotatable bonds is 4. The van der Waals surface area contributed by atoms with Crippen LogP contribution in [0.2, 0.25) is 10.0 Å². The quantitative estimate of drug-likeness (QED) is 0.773. The fourth-order valence-corrected chi connectivity index (χ4v) is 3.43. The summed E-state index contributed by atoms with van der Waals surface area (Å²) < 4.78 is 1.13. The van der Waals surface area contributed by atoms with Crippen molar-refractivity contribution >= 4 is 50.5 Å². The lowest BCUT2D eigenvalue weighted by molar-refractivity contribution is 0.594. The molecule has 0 fully saturated rings. The lowest BCUT2D eigenvalue weighted by atomic mass is 10.0. The van der Waals surface area contributed by atoms with Gasteiger partial charge in [0.2, 0.25) is 0 Å². The van der Waals surface area contributed by atoms with Crippen molar-refractivity contribution in [1.29, 1.82) is 0 Å². The van der Waals surface area contributed by atoms with E-state index in [2.05, 4.69) is 32.7 Å². The van der Waals surface area contributed by atoms with Crippen LogP contribution in [0.5, 0.6) is 0 Å². The standard InChI is InChI=1S/C13H12BrCl2NS/c1-17-12(9-6-13(14)18-7-9)5-8-4-10(15)2-3-11(8)16/h2-4,6-7,12,17H,5H2,1H3. The normalized spacial score (nSPS) is 12.7. The Bertz CT molecular complexity index is 542. The van der Waals surface area contributed by atoms with Crippen molar-refractivity contribution < 1.29 is 0 Å². The largest absolute Gasteiger partial charge is 0.313 e. The zero-order valence-corrected chi connectivity index (χ0v) is 13.6. The number of benzene rings is 1. The second kappa shape index (κ2) is 6.40. The Balaban J connectivity index is 2.22. The second-order valence-corrected chi connectivity index (χ2v) is 7.10. The van der Waals surface area contributed by atoms with Crippen molar-refractivity contribution in [1.82, 2.24) is 5.32 Å². The van der Waals surface area contributed by atoms with Gasteiger partial charge >= 0.3 is 0 Å². The van der Waals surface area contributed by atoms with Crippen molar-refractivity contribution in [3.63, 3.8) is 0 Å². The molecule has 0 aliphatic carbocycles. The van der Waals surface area contributed by atoms with Gasteiger partial charge in [0.05, 0.1) is 3.79 Å². The molecular formula is C13H12BrCl2NS. The highest BCUT2D eigenvalue weighted by molar-refractivity contribution is 9.11. The molecule has 0 aliphatic heterocycles. The van der Waals surface area contributed by atoms with Crippen molar-refractivity contribution in [2.75, 3.05) is 7.05 Å². The topological polar surface area (TPSA) is 12.0 Å². The van der Waals surface area contributed by atoms with Crippen molar-refractivity contribution in [3.05, 3.63) is 54.6 Å². The third-order valence-electron chi connectivity index (χ3n) is 2.77. The number of nitrogens with one attached hydrogen (secondary N) is 1. The van der Waals surface area contributed by atoms with Crippen LogP contribution in [0, 0.1) is 0 Å². The highest BCUT2D eigenvalue weighted by atomic mass is 79.9. The molecule has 1 atom stereocenters. The Labute approximate surface area is 129 Å². The van der Waals surface area contributed by atoms with Crippen LogP contribution in [0.15, 0.2) is 33.4 Å². The van der Waals surface area contributed by atoms with E-state index >= 15 is 0 Å². The van der Waals surface area contributed by atoms with Crippen molar-refractivity contribution in [2.24, 2.45) is 0 Å². The van der Waals surface area contributed by atoms with E-state index in [1.54, 1.807) is 11.3 Å². The average Bonchev–Trinajstić information content (AvgIpc) is 2.77. The van der Waals surface area contributed by atoms with E-state index in [1.165, 1.54) is 5.56 Å². The van der Waals surface area contributed by atoms with E-state index in [4.69, 9.17) is 23.2 Å². The molecule has 1 heterocycles. The molecule has 2 aromatic rings. The van der Waals surface area contributed by atoms with E-state index in [0.29, 0.717) is 0 Å². The Kier molecular flexibility index (Phi) is 5.10. The summed E-state index contributed by atoms with van der Waals surface area (Å²) in [5, 5.41) is 6.93. The Morgan fingerprint density at radius 1 is 1.33 bits per heavy atom. The van der Waals surface area contributed by atoms with Crippen LogP contribution in [0.4, 0.5) is 0 Å². The van der Waals surface area contributed by atoms with Crippen LogP contribution in [0.3, 0.4) is 0 Å². The highest BCUT2D eigenvalue weighted by Gasteiger charge is 2.14. The van der Waals surface area contributed by atoms with Crippen LogP contribution >= 0.6 is 50.5 Å².